The van der Waals surface area contributed by atoms with Crippen molar-refractivity contribution in [3.8, 4) is 0 Å². The molecule has 1 aromatic rings. The lowest BCUT2D eigenvalue weighted by Crippen LogP contribution is -2.25. The minimum atomic E-state index is -3.32. The minimum absolute atomic E-state index is 0.326. The van der Waals surface area contributed by atoms with Crippen molar-refractivity contribution in [3.05, 3.63) is 24.3 Å². The van der Waals surface area contributed by atoms with E-state index in [9.17, 15) is 8.42 Å². The van der Waals surface area contributed by atoms with Crippen LogP contribution in [0, 0.1) is 5.92 Å². The highest BCUT2D eigenvalue weighted by Gasteiger charge is 2.24. The van der Waals surface area contributed by atoms with Crippen molar-refractivity contribution in [2.24, 2.45) is 5.92 Å². The highest BCUT2D eigenvalue weighted by molar-refractivity contribution is 7.89. The van der Waals surface area contributed by atoms with Crippen molar-refractivity contribution >= 4 is 15.7 Å². The van der Waals surface area contributed by atoms with Gasteiger partial charge in [0.25, 0.3) is 0 Å². The van der Waals surface area contributed by atoms with Gasteiger partial charge in [-0.1, -0.05) is 0 Å². The maximum Gasteiger partial charge on any atom is 0.240 e. The zero-order valence-corrected chi connectivity index (χ0v) is 10.0. The van der Waals surface area contributed by atoms with Gasteiger partial charge >= 0.3 is 0 Å². The number of anilines is 1. The number of sulfonamides is 1. The van der Waals surface area contributed by atoms with E-state index in [-0.39, 0.29) is 0 Å². The number of nitrogens with one attached hydrogen (secondary N) is 2. The summed E-state index contributed by atoms with van der Waals surface area (Å²) in [6.45, 7) is 0.566. The summed E-state index contributed by atoms with van der Waals surface area (Å²) in [5.41, 5.74) is 0.904. The Hall–Kier alpha value is -1.07. The smallest absolute Gasteiger partial charge is 0.240 e. The molecule has 4 nitrogen and oxygen atoms in total. The molecule has 16 heavy (non-hydrogen) atoms. The van der Waals surface area contributed by atoms with Gasteiger partial charge in [0.15, 0.2) is 0 Å². The summed E-state index contributed by atoms with van der Waals surface area (Å²) in [4.78, 5) is 0.326. The van der Waals surface area contributed by atoms with E-state index in [2.05, 4.69) is 10.0 Å². The summed E-state index contributed by atoms with van der Waals surface area (Å²) < 4.78 is 26.3. The second-order valence-corrected chi connectivity index (χ2v) is 5.84. The number of rotatable bonds is 5. The van der Waals surface area contributed by atoms with Gasteiger partial charge in [0, 0.05) is 19.3 Å². The second-order valence-electron chi connectivity index (χ2n) is 4.07. The van der Waals surface area contributed by atoms with Crippen LogP contribution >= 0.6 is 0 Å². The molecule has 0 saturated heterocycles. The predicted octanol–water partition coefficient (Wildman–Crippen LogP) is 1.42. The van der Waals surface area contributed by atoms with Crippen LogP contribution < -0.4 is 10.0 Å². The summed E-state index contributed by atoms with van der Waals surface area (Å²) in [5, 5.41) is 2.95. The van der Waals surface area contributed by atoms with E-state index in [1.165, 1.54) is 0 Å². The number of benzene rings is 1. The standard InChI is InChI=1S/C11H16N2O2S/c1-12-10-4-6-11(7-5-10)16(14,15)13-8-9-2-3-9/h4-7,9,12-13H,2-3,8H2,1H3. The van der Waals surface area contributed by atoms with E-state index in [4.69, 9.17) is 0 Å². The zero-order chi connectivity index (χ0) is 11.6. The molecule has 0 atom stereocenters. The quantitative estimate of drug-likeness (QED) is 0.818. The fraction of sp³-hybridized carbons (Fsp3) is 0.455. The first-order chi connectivity index (χ1) is 7.62. The molecule has 0 spiro atoms. The molecule has 1 aliphatic rings. The van der Waals surface area contributed by atoms with Crippen LogP contribution in [0.1, 0.15) is 12.8 Å². The molecule has 0 bridgehead atoms. The zero-order valence-electron chi connectivity index (χ0n) is 9.23. The monoisotopic (exact) mass is 240 g/mol. The van der Waals surface area contributed by atoms with Gasteiger partial charge in [-0.2, -0.15) is 0 Å². The molecule has 2 N–H and O–H groups in total. The van der Waals surface area contributed by atoms with Crippen LogP contribution in [-0.2, 0) is 10.0 Å². The summed E-state index contributed by atoms with van der Waals surface area (Å²) >= 11 is 0. The molecule has 0 amide bonds. The second kappa shape index (κ2) is 4.43. The van der Waals surface area contributed by atoms with E-state index in [1.807, 2.05) is 0 Å². The SMILES string of the molecule is CNc1ccc(S(=O)(=O)NCC2CC2)cc1. The highest BCUT2D eigenvalue weighted by Crippen LogP contribution is 2.28. The van der Waals surface area contributed by atoms with Gasteiger partial charge in [0.1, 0.15) is 0 Å². The van der Waals surface area contributed by atoms with Gasteiger partial charge in [0.2, 0.25) is 10.0 Å². The van der Waals surface area contributed by atoms with Crippen molar-refractivity contribution in [1.82, 2.24) is 4.72 Å². The van der Waals surface area contributed by atoms with Crippen molar-refractivity contribution in [2.75, 3.05) is 18.9 Å². The van der Waals surface area contributed by atoms with Crippen LogP contribution in [0.15, 0.2) is 29.2 Å². The Balaban J connectivity index is 2.07. The molecule has 88 valence electrons. The van der Waals surface area contributed by atoms with Crippen LogP contribution in [0.3, 0.4) is 0 Å². The lowest BCUT2D eigenvalue weighted by Gasteiger charge is -2.06. The third-order valence-corrected chi connectivity index (χ3v) is 4.15. The average molecular weight is 240 g/mol. The van der Waals surface area contributed by atoms with Crippen LogP contribution in [0.2, 0.25) is 0 Å². The molecule has 2 rings (SSSR count). The van der Waals surface area contributed by atoms with E-state index in [0.29, 0.717) is 17.4 Å². The van der Waals surface area contributed by atoms with Crippen molar-refractivity contribution < 1.29 is 8.42 Å². The summed E-state index contributed by atoms with van der Waals surface area (Å²) in [6.07, 6.45) is 2.28. The first kappa shape index (κ1) is 11.4. The van der Waals surface area contributed by atoms with Gasteiger partial charge in [-0.05, 0) is 43.0 Å². The molecule has 0 radical (unpaired) electrons. The molecular weight excluding hydrogens is 224 g/mol. The van der Waals surface area contributed by atoms with E-state index >= 15 is 0 Å². The average Bonchev–Trinajstić information content (AvgIpc) is 3.10. The fourth-order valence-electron chi connectivity index (χ4n) is 1.43. The Bertz CT molecular complexity index is 449. The largest absolute Gasteiger partial charge is 0.388 e. The normalized spacial score (nSPS) is 16.1. The van der Waals surface area contributed by atoms with Gasteiger partial charge < -0.3 is 5.32 Å². The highest BCUT2D eigenvalue weighted by atomic mass is 32.2. The number of hydrogen-bond donors (Lipinski definition) is 2. The third kappa shape index (κ3) is 2.74. The predicted molar refractivity (Wildman–Crippen MR) is 63.9 cm³/mol. The van der Waals surface area contributed by atoms with Gasteiger partial charge in [0.05, 0.1) is 4.90 Å². The van der Waals surface area contributed by atoms with E-state index in [0.717, 1.165) is 18.5 Å². The Morgan fingerprint density at radius 3 is 2.38 bits per heavy atom. The van der Waals surface area contributed by atoms with Gasteiger partial charge in [-0.25, -0.2) is 13.1 Å². The topological polar surface area (TPSA) is 58.2 Å². The van der Waals surface area contributed by atoms with Crippen LogP contribution in [0.4, 0.5) is 5.69 Å². The maximum atomic E-state index is 11.8. The first-order valence-corrected chi connectivity index (χ1v) is 6.87. The molecule has 0 heterocycles. The third-order valence-electron chi connectivity index (χ3n) is 2.71. The molecule has 1 aliphatic carbocycles. The lowest BCUT2D eigenvalue weighted by atomic mass is 10.3. The van der Waals surface area contributed by atoms with Crippen molar-refractivity contribution in [1.29, 1.82) is 0 Å². The van der Waals surface area contributed by atoms with Crippen molar-refractivity contribution in [2.45, 2.75) is 17.7 Å². The maximum absolute atomic E-state index is 11.8. The minimum Gasteiger partial charge on any atom is -0.388 e. The Morgan fingerprint density at radius 2 is 1.88 bits per heavy atom. The molecule has 0 aromatic heterocycles. The molecule has 1 saturated carbocycles. The van der Waals surface area contributed by atoms with Gasteiger partial charge in [-0.15, -0.1) is 0 Å². The Labute approximate surface area is 96.1 Å². The lowest BCUT2D eigenvalue weighted by molar-refractivity contribution is 0.577. The van der Waals surface area contributed by atoms with Gasteiger partial charge in [-0.3, -0.25) is 0 Å². The molecule has 1 aromatic carbocycles. The summed E-state index contributed by atoms with van der Waals surface area (Å²) in [5.74, 6) is 0.548. The Morgan fingerprint density at radius 1 is 1.25 bits per heavy atom. The molecule has 5 heteroatoms. The van der Waals surface area contributed by atoms with Crippen LogP contribution in [0.25, 0.3) is 0 Å². The number of hydrogen-bond acceptors (Lipinski definition) is 3. The summed E-state index contributed by atoms with van der Waals surface area (Å²) in [7, 11) is -1.52. The van der Waals surface area contributed by atoms with E-state index < -0.39 is 10.0 Å². The first-order valence-electron chi connectivity index (χ1n) is 5.39. The van der Waals surface area contributed by atoms with Crippen LogP contribution in [-0.4, -0.2) is 22.0 Å². The molecule has 1 fully saturated rings. The molecule has 0 aliphatic heterocycles. The van der Waals surface area contributed by atoms with E-state index in [1.54, 1.807) is 31.3 Å². The fourth-order valence-corrected chi connectivity index (χ4v) is 2.55. The molecule has 0 unspecified atom stereocenters. The molecular formula is C11H16N2O2S. The Kier molecular flexibility index (Phi) is 3.16. The van der Waals surface area contributed by atoms with Crippen molar-refractivity contribution in [3.63, 3.8) is 0 Å². The summed E-state index contributed by atoms with van der Waals surface area (Å²) in [6, 6.07) is 6.74. The van der Waals surface area contributed by atoms with Crippen LogP contribution in [0.5, 0.6) is 0 Å².